The van der Waals surface area contributed by atoms with Crippen LogP contribution in [0, 0.1) is 0 Å². The van der Waals surface area contributed by atoms with E-state index in [0.29, 0.717) is 0 Å². The molecule has 1 aromatic heterocycles. The lowest BCUT2D eigenvalue weighted by molar-refractivity contribution is 0.728. The molecule has 12 heavy (non-hydrogen) atoms. The summed E-state index contributed by atoms with van der Waals surface area (Å²) in [5.74, 6) is 0. The predicted molar refractivity (Wildman–Crippen MR) is 48.4 cm³/mol. The summed E-state index contributed by atoms with van der Waals surface area (Å²) in [7, 11) is 0. The van der Waals surface area contributed by atoms with E-state index in [9.17, 15) is 0 Å². The molecule has 3 nitrogen and oxygen atoms in total. The van der Waals surface area contributed by atoms with Crippen LogP contribution in [0.1, 0.15) is 12.8 Å². The van der Waals surface area contributed by atoms with Gasteiger partial charge in [0.25, 0.3) is 0 Å². The number of allylic oxidation sites excluding steroid dienone is 1. The maximum absolute atomic E-state index is 3.72. The maximum Gasteiger partial charge on any atom is 0.0451 e. The van der Waals surface area contributed by atoms with Crippen molar-refractivity contribution in [1.29, 1.82) is 0 Å². The van der Waals surface area contributed by atoms with Crippen molar-refractivity contribution in [3.05, 3.63) is 37.1 Å². The third-order valence-electron chi connectivity index (χ3n) is 1.41. The smallest absolute Gasteiger partial charge is 0.0451 e. The lowest BCUT2D eigenvalue weighted by Crippen LogP contribution is -2.09. The lowest BCUT2D eigenvalue weighted by Gasteiger charge is -2.02. The number of nitrogens with zero attached hydrogens (tertiary/aromatic N) is 2. The first-order valence-corrected chi connectivity index (χ1v) is 4.08. The van der Waals surface area contributed by atoms with E-state index >= 15 is 0 Å². The Labute approximate surface area is 72.6 Å². The van der Waals surface area contributed by atoms with Crippen LogP contribution in [-0.4, -0.2) is 16.5 Å². The molecule has 2 heterocycles. The van der Waals surface area contributed by atoms with Gasteiger partial charge in [-0.05, 0) is 19.0 Å². The Bertz CT molecular complexity index is 174. The molecule has 1 aliphatic rings. The van der Waals surface area contributed by atoms with Gasteiger partial charge in [0.2, 0.25) is 0 Å². The molecule has 0 radical (unpaired) electrons. The topological polar surface area (TPSA) is 37.8 Å². The van der Waals surface area contributed by atoms with Crippen LogP contribution >= 0.6 is 0 Å². The van der Waals surface area contributed by atoms with Crippen molar-refractivity contribution >= 4 is 0 Å². The average Bonchev–Trinajstić information content (AvgIpc) is 2.24. The van der Waals surface area contributed by atoms with Crippen molar-refractivity contribution in [3.63, 3.8) is 0 Å². The van der Waals surface area contributed by atoms with Gasteiger partial charge in [-0.15, -0.1) is 0 Å². The SMILES string of the molecule is C1=CNCCC1.c1cnccn1. The highest BCUT2D eigenvalue weighted by molar-refractivity contribution is 4.83. The quantitative estimate of drug-likeness (QED) is 0.627. The molecular weight excluding hydrogens is 150 g/mol. The first-order valence-electron chi connectivity index (χ1n) is 4.08. The van der Waals surface area contributed by atoms with E-state index in [0.717, 1.165) is 6.54 Å². The van der Waals surface area contributed by atoms with Gasteiger partial charge >= 0.3 is 0 Å². The summed E-state index contributed by atoms with van der Waals surface area (Å²) in [6.45, 7) is 1.16. The maximum atomic E-state index is 3.72. The standard InChI is InChI=1S/C5H9N.C4H4N2/c1-2-4-6-5-3-1;1-2-6-4-3-5-1/h2,4,6H,1,3,5H2;1-4H. The fourth-order valence-corrected chi connectivity index (χ4v) is 0.825. The molecule has 0 bridgehead atoms. The van der Waals surface area contributed by atoms with Gasteiger partial charge in [0, 0.05) is 31.3 Å². The molecule has 0 spiro atoms. The van der Waals surface area contributed by atoms with E-state index in [4.69, 9.17) is 0 Å². The Kier molecular flexibility index (Phi) is 4.60. The van der Waals surface area contributed by atoms with Crippen LogP contribution in [0.15, 0.2) is 37.1 Å². The minimum absolute atomic E-state index is 1.16. The summed E-state index contributed by atoms with van der Waals surface area (Å²) in [6, 6.07) is 0. The normalized spacial score (nSPS) is 14.0. The minimum Gasteiger partial charge on any atom is -0.391 e. The second-order valence-corrected chi connectivity index (χ2v) is 2.39. The number of nitrogens with one attached hydrogen (secondary N) is 1. The summed E-state index contributed by atoms with van der Waals surface area (Å²) in [5, 5.41) is 3.10. The van der Waals surface area contributed by atoms with E-state index in [1.54, 1.807) is 24.8 Å². The zero-order valence-corrected chi connectivity index (χ0v) is 6.98. The van der Waals surface area contributed by atoms with Gasteiger partial charge in [0.15, 0.2) is 0 Å². The molecule has 0 fully saturated rings. The van der Waals surface area contributed by atoms with E-state index in [2.05, 4.69) is 21.4 Å². The Balaban J connectivity index is 0.000000120. The Hall–Kier alpha value is -1.38. The predicted octanol–water partition coefficient (Wildman–Crippen LogP) is 1.36. The second-order valence-electron chi connectivity index (χ2n) is 2.39. The number of hydrogen-bond acceptors (Lipinski definition) is 3. The molecule has 0 aliphatic carbocycles. The zero-order chi connectivity index (χ0) is 8.49. The molecule has 0 amide bonds. The van der Waals surface area contributed by atoms with Crippen molar-refractivity contribution < 1.29 is 0 Å². The van der Waals surface area contributed by atoms with Crippen molar-refractivity contribution in [2.24, 2.45) is 0 Å². The first kappa shape index (κ1) is 8.71. The van der Waals surface area contributed by atoms with Crippen LogP contribution in [0.5, 0.6) is 0 Å². The minimum atomic E-state index is 1.16. The highest BCUT2D eigenvalue weighted by atomic mass is 14.8. The third-order valence-corrected chi connectivity index (χ3v) is 1.41. The van der Waals surface area contributed by atoms with Crippen LogP contribution in [-0.2, 0) is 0 Å². The second kappa shape index (κ2) is 6.34. The van der Waals surface area contributed by atoms with Crippen LogP contribution in [0.4, 0.5) is 0 Å². The van der Waals surface area contributed by atoms with Gasteiger partial charge in [0.1, 0.15) is 0 Å². The summed E-state index contributed by atoms with van der Waals surface area (Å²) in [4.78, 5) is 7.44. The fraction of sp³-hybridized carbons (Fsp3) is 0.333. The molecule has 0 saturated heterocycles. The van der Waals surface area contributed by atoms with E-state index in [-0.39, 0.29) is 0 Å². The highest BCUT2D eigenvalue weighted by Gasteiger charge is 1.84. The Morgan fingerprint density at radius 3 is 1.83 bits per heavy atom. The van der Waals surface area contributed by atoms with Gasteiger partial charge in [-0.1, -0.05) is 6.08 Å². The van der Waals surface area contributed by atoms with Gasteiger partial charge in [0.05, 0.1) is 0 Å². The summed E-state index contributed by atoms with van der Waals surface area (Å²) < 4.78 is 0. The van der Waals surface area contributed by atoms with Crippen molar-refractivity contribution in [2.75, 3.05) is 6.54 Å². The van der Waals surface area contributed by atoms with Crippen molar-refractivity contribution in [2.45, 2.75) is 12.8 Å². The molecule has 0 aromatic carbocycles. The Morgan fingerprint density at radius 1 is 1.00 bits per heavy atom. The molecule has 1 aliphatic heterocycles. The zero-order valence-electron chi connectivity index (χ0n) is 6.98. The fourth-order valence-electron chi connectivity index (χ4n) is 0.825. The molecule has 64 valence electrons. The molecule has 0 unspecified atom stereocenters. The molecule has 0 saturated carbocycles. The molecular formula is C9H13N3. The number of aromatic nitrogens is 2. The molecule has 3 heteroatoms. The molecule has 2 rings (SSSR count). The van der Waals surface area contributed by atoms with Gasteiger partial charge < -0.3 is 5.32 Å². The number of hydrogen-bond donors (Lipinski definition) is 1. The average molecular weight is 163 g/mol. The van der Waals surface area contributed by atoms with Gasteiger partial charge in [-0.3, -0.25) is 9.97 Å². The van der Waals surface area contributed by atoms with Crippen LogP contribution in [0.25, 0.3) is 0 Å². The molecule has 1 aromatic rings. The Morgan fingerprint density at radius 2 is 1.67 bits per heavy atom. The van der Waals surface area contributed by atoms with Crippen LogP contribution in [0.2, 0.25) is 0 Å². The van der Waals surface area contributed by atoms with Gasteiger partial charge in [-0.25, -0.2) is 0 Å². The van der Waals surface area contributed by atoms with E-state index < -0.39 is 0 Å². The number of rotatable bonds is 0. The van der Waals surface area contributed by atoms with Crippen LogP contribution < -0.4 is 5.32 Å². The van der Waals surface area contributed by atoms with Crippen molar-refractivity contribution in [3.8, 4) is 0 Å². The van der Waals surface area contributed by atoms with Crippen LogP contribution in [0.3, 0.4) is 0 Å². The van der Waals surface area contributed by atoms with E-state index in [1.165, 1.54) is 12.8 Å². The van der Waals surface area contributed by atoms with E-state index in [1.807, 2.05) is 6.20 Å². The lowest BCUT2D eigenvalue weighted by atomic mass is 10.2. The largest absolute Gasteiger partial charge is 0.391 e. The highest BCUT2D eigenvalue weighted by Crippen LogP contribution is 1.91. The summed E-state index contributed by atoms with van der Waals surface area (Å²) >= 11 is 0. The first-order chi connectivity index (χ1) is 6.00. The monoisotopic (exact) mass is 163 g/mol. The van der Waals surface area contributed by atoms with Gasteiger partial charge in [-0.2, -0.15) is 0 Å². The van der Waals surface area contributed by atoms with Crippen molar-refractivity contribution in [1.82, 2.24) is 15.3 Å². The third kappa shape index (κ3) is 4.44. The summed E-state index contributed by atoms with van der Waals surface area (Å²) in [5.41, 5.74) is 0. The molecule has 0 atom stereocenters. The molecule has 1 N–H and O–H groups in total. The summed E-state index contributed by atoms with van der Waals surface area (Å²) in [6.07, 6.45) is 13.3.